The Morgan fingerprint density at radius 2 is 2.21 bits per heavy atom. The van der Waals surface area contributed by atoms with Crippen molar-refractivity contribution in [2.24, 2.45) is 0 Å². The van der Waals surface area contributed by atoms with Gasteiger partial charge in [-0.15, -0.1) is 0 Å². The average molecular weight is 259 g/mol. The van der Waals surface area contributed by atoms with Crippen LogP contribution >= 0.6 is 0 Å². The molecule has 0 bridgehead atoms. The molecule has 0 aromatic carbocycles. The Morgan fingerprint density at radius 3 is 2.89 bits per heavy atom. The van der Waals surface area contributed by atoms with Crippen LogP contribution < -0.4 is 9.88 Å². The first-order valence-corrected chi connectivity index (χ1v) is 5.94. The van der Waals surface area contributed by atoms with Gasteiger partial charge in [-0.2, -0.15) is 0 Å². The van der Waals surface area contributed by atoms with Gasteiger partial charge in [0, 0.05) is 24.4 Å². The third kappa shape index (κ3) is 3.25. The summed E-state index contributed by atoms with van der Waals surface area (Å²) in [5.41, 5.74) is 1.04. The topological polar surface area (TPSA) is 73.4 Å². The minimum atomic E-state index is -0.386. The maximum atomic E-state index is 10.9. The molecule has 98 valence electrons. The Hall–Kier alpha value is -2.50. The van der Waals surface area contributed by atoms with E-state index in [0.717, 1.165) is 12.1 Å². The highest BCUT2D eigenvalue weighted by Crippen LogP contribution is 2.20. The fraction of sp³-hybridized carbons (Fsp3) is 0.231. The molecule has 0 aliphatic heterocycles. The normalized spacial score (nSPS) is 10.2. The van der Waals surface area contributed by atoms with Crippen LogP contribution in [0.3, 0.4) is 0 Å². The molecule has 2 aromatic heterocycles. The Morgan fingerprint density at radius 1 is 1.37 bits per heavy atom. The van der Waals surface area contributed by atoms with Gasteiger partial charge >= 0.3 is 11.5 Å². The molecule has 0 aliphatic carbocycles. The van der Waals surface area contributed by atoms with E-state index < -0.39 is 0 Å². The van der Waals surface area contributed by atoms with E-state index in [4.69, 9.17) is 0 Å². The standard InChI is InChI=1S/C13H14N4O2/c1-16(10-7-11-5-2-3-8-14-11)13-12(17(18)19)6-4-9-15-13/h2-6,8-9H,7,10H2,1H3/p+1. The summed E-state index contributed by atoms with van der Waals surface area (Å²) >= 11 is 0. The van der Waals surface area contributed by atoms with Gasteiger partial charge in [-0.1, -0.05) is 6.07 Å². The lowest BCUT2D eigenvalue weighted by molar-refractivity contribution is -0.411. The van der Waals surface area contributed by atoms with Crippen LogP contribution in [0.25, 0.3) is 0 Å². The van der Waals surface area contributed by atoms with Crippen LogP contribution in [0.15, 0.2) is 42.7 Å². The molecule has 0 amide bonds. The monoisotopic (exact) mass is 259 g/mol. The minimum Gasteiger partial charge on any atom is -0.261 e. The molecule has 6 nitrogen and oxygen atoms in total. The Balaban J connectivity index is 2.08. The van der Waals surface area contributed by atoms with Crippen molar-refractivity contribution in [3.8, 4) is 0 Å². The summed E-state index contributed by atoms with van der Waals surface area (Å²) in [4.78, 5) is 19.5. The van der Waals surface area contributed by atoms with Crippen LogP contribution in [0, 0.1) is 10.1 Å². The summed E-state index contributed by atoms with van der Waals surface area (Å²) in [5, 5.41) is 10.9. The van der Waals surface area contributed by atoms with Crippen molar-refractivity contribution in [2.45, 2.75) is 6.42 Å². The van der Waals surface area contributed by atoms with Crippen LogP contribution in [0.5, 0.6) is 0 Å². The van der Waals surface area contributed by atoms with Gasteiger partial charge in [0.15, 0.2) is 0 Å². The predicted octanol–water partition coefficient (Wildman–Crippen LogP) is 1.48. The van der Waals surface area contributed by atoms with Crippen molar-refractivity contribution in [1.29, 1.82) is 0 Å². The number of nitrogens with zero attached hydrogens (tertiary/aromatic N) is 3. The molecular weight excluding hydrogens is 244 g/mol. The van der Waals surface area contributed by atoms with E-state index in [1.165, 1.54) is 6.07 Å². The van der Waals surface area contributed by atoms with Gasteiger partial charge in [-0.05, 0) is 18.2 Å². The lowest BCUT2D eigenvalue weighted by Crippen LogP contribution is -2.28. The van der Waals surface area contributed by atoms with E-state index in [-0.39, 0.29) is 10.6 Å². The van der Waals surface area contributed by atoms with E-state index in [0.29, 0.717) is 12.4 Å². The molecule has 2 rings (SSSR count). The number of likely N-dealkylation sites (N-methyl/N-ethyl adjacent to an activating group) is 1. The summed E-state index contributed by atoms with van der Waals surface area (Å²) in [6.45, 7) is 0.651. The third-order valence-electron chi connectivity index (χ3n) is 2.82. The van der Waals surface area contributed by atoms with Gasteiger partial charge in [0.05, 0.1) is 24.7 Å². The molecule has 2 aromatic rings. The second-order valence-electron chi connectivity index (χ2n) is 4.15. The number of pyridine rings is 2. The highest BCUT2D eigenvalue weighted by Gasteiger charge is 2.24. The molecule has 0 aliphatic rings. The Bertz CT molecular complexity index is 560. The third-order valence-corrected chi connectivity index (χ3v) is 2.82. The fourth-order valence-electron chi connectivity index (χ4n) is 1.81. The molecule has 19 heavy (non-hydrogen) atoms. The summed E-state index contributed by atoms with van der Waals surface area (Å²) in [7, 11) is 1.82. The van der Waals surface area contributed by atoms with Gasteiger partial charge in [0.2, 0.25) is 0 Å². The van der Waals surface area contributed by atoms with Crippen LogP contribution in [0.4, 0.5) is 11.5 Å². The zero-order chi connectivity index (χ0) is 13.7. The molecule has 0 fully saturated rings. The first-order chi connectivity index (χ1) is 9.18. The molecule has 6 heteroatoms. The van der Waals surface area contributed by atoms with Gasteiger partial charge in [0.25, 0.3) is 0 Å². The van der Waals surface area contributed by atoms with Crippen molar-refractivity contribution in [2.75, 3.05) is 18.5 Å². The maximum absolute atomic E-state index is 10.9. The molecule has 0 spiro atoms. The van der Waals surface area contributed by atoms with Crippen LogP contribution in [0.2, 0.25) is 0 Å². The smallest absolute Gasteiger partial charge is 0.261 e. The second-order valence-corrected chi connectivity index (χ2v) is 4.15. The van der Waals surface area contributed by atoms with E-state index in [2.05, 4.69) is 9.97 Å². The van der Waals surface area contributed by atoms with Crippen molar-refractivity contribution in [3.05, 3.63) is 58.5 Å². The van der Waals surface area contributed by atoms with E-state index >= 15 is 0 Å². The Labute approximate surface area is 110 Å². The zero-order valence-corrected chi connectivity index (χ0v) is 10.6. The number of nitrogens with one attached hydrogen (secondary N) is 1. The quantitative estimate of drug-likeness (QED) is 0.602. The van der Waals surface area contributed by atoms with Gasteiger partial charge < -0.3 is 0 Å². The van der Waals surface area contributed by atoms with Gasteiger partial charge in [0.1, 0.15) is 0 Å². The van der Waals surface area contributed by atoms with Crippen LogP contribution in [0.1, 0.15) is 5.69 Å². The van der Waals surface area contributed by atoms with Crippen molar-refractivity contribution >= 4 is 11.5 Å². The average Bonchev–Trinajstić information content (AvgIpc) is 2.46. The van der Waals surface area contributed by atoms with Gasteiger partial charge in [-0.25, -0.2) is 4.98 Å². The summed E-state index contributed by atoms with van der Waals surface area (Å²) in [6, 6.07) is 8.84. The number of aromatic nitrogens is 2. The first kappa shape index (κ1) is 12.9. The molecule has 0 atom stereocenters. The molecule has 0 unspecified atom stereocenters. The number of hydrogen-bond donors (Lipinski definition) is 0. The van der Waals surface area contributed by atoms with Crippen molar-refractivity contribution in [1.82, 2.24) is 4.98 Å². The molecular formula is C13H15N4O2+. The largest absolute Gasteiger partial charge is 0.357 e. The SMILES string of the molecule is CN(CCc1ccccn1)c1[nH+]cccc1[N+](=O)[O-]. The number of hydrogen-bond acceptors (Lipinski definition) is 4. The van der Waals surface area contributed by atoms with Gasteiger partial charge in [-0.3, -0.25) is 20.0 Å². The number of aromatic amines is 1. The molecule has 0 saturated heterocycles. The summed E-state index contributed by atoms with van der Waals surface area (Å²) in [5.74, 6) is 0.503. The van der Waals surface area contributed by atoms with E-state index in [1.54, 1.807) is 18.5 Å². The first-order valence-electron chi connectivity index (χ1n) is 5.94. The molecule has 0 saturated carbocycles. The van der Waals surface area contributed by atoms with Crippen molar-refractivity contribution in [3.63, 3.8) is 0 Å². The van der Waals surface area contributed by atoms with Crippen LogP contribution in [-0.4, -0.2) is 23.5 Å². The Kier molecular flexibility index (Phi) is 4.02. The number of anilines is 1. The van der Waals surface area contributed by atoms with Crippen molar-refractivity contribution < 1.29 is 9.91 Å². The van der Waals surface area contributed by atoms with E-state index in [1.807, 2.05) is 30.1 Å². The van der Waals surface area contributed by atoms with Crippen LogP contribution in [-0.2, 0) is 6.42 Å². The lowest BCUT2D eigenvalue weighted by Gasteiger charge is -2.10. The summed E-state index contributed by atoms with van der Waals surface area (Å²) in [6.07, 6.45) is 4.16. The zero-order valence-electron chi connectivity index (χ0n) is 10.6. The fourth-order valence-corrected chi connectivity index (χ4v) is 1.81. The number of nitro groups is 1. The minimum absolute atomic E-state index is 0.0750. The maximum Gasteiger partial charge on any atom is 0.357 e. The lowest BCUT2D eigenvalue weighted by atomic mass is 10.2. The summed E-state index contributed by atoms with van der Waals surface area (Å²) < 4.78 is 0. The number of rotatable bonds is 5. The van der Waals surface area contributed by atoms with E-state index in [9.17, 15) is 10.1 Å². The highest BCUT2D eigenvalue weighted by atomic mass is 16.6. The highest BCUT2D eigenvalue weighted by molar-refractivity contribution is 5.52. The molecule has 2 heterocycles. The second kappa shape index (κ2) is 5.90. The molecule has 0 radical (unpaired) electrons. The predicted molar refractivity (Wildman–Crippen MR) is 70.9 cm³/mol. The molecule has 1 N–H and O–H groups in total. The number of H-pyrrole nitrogens is 1.